The fraction of sp³-hybridized carbons (Fsp3) is 0.0909. The number of anilines is 2. The molecule has 6 heteroatoms. The van der Waals surface area contributed by atoms with E-state index in [0.717, 1.165) is 0 Å². The van der Waals surface area contributed by atoms with Crippen LogP contribution in [0.4, 0.5) is 15.9 Å². The van der Waals surface area contributed by atoms with E-state index in [-0.39, 0.29) is 11.0 Å². The summed E-state index contributed by atoms with van der Waals surface area (Å²) in [6.45, 7) is 0. The van der Waals surface area contributed by atoms with E-state index in [2.05, 4.69) is 15.3 Å². The minimum absolute atomic E-state index is 0.129. The number of benzene rings is 1. The third kappa shape index (κ3) is 2.82. The van der Waals surface area contributed by atoms with E-state index in [9.17, 15) is 4.39 Å². The van der Waals surface area contributed by atoms with Crippen LogP contribution in [-0.4, -0.2) is 17.1 Å². The maximum absolute atomic E-state index is 13.4. The normalized spacial score (nSPS) is 10.1. The Balaban J connectivity index is 2.22. The molecule has 2 rings (SSSR count). The van der Waals surface area contributed by atoms with Crippen molar-refractivity contribution in [2.24, 2.45) is 0 Å². The predicted molar refractivity (Wildman–Crippen MR) is 63.3 cm³/mol. The first-order valence-electron chi connectivity index (χ1n) is 4.78. The predicted octanol–water partition coefficient (Wildman–Crippen LogP) is 3.02. The van der Waals surface area contributed by atoms with E-state index >= 15 is 0 Å². The van der Waals surface area contributed by atoms with Crippen molar-refractivity contribution in [3.63, 3.8) is 0 Å². The lowest BCUT2D eigenvalue weighted by Gasteiger charge is -2.07. The average Bonchev–Trinajstić information content (AvgIpc) is 2.29. The summed E-state index contributed by atoms with van der Waals surface area (Å²) in [7, 11) is 1.41. The number of rotatable bonds is 3. The molecule has 0 radical (unpaired) electrons. The molecule has 17 heavy (non-hydrogen) atoms. The van der Waals surface area contributed by atoms with Gasteiger partial charge in [-0.2, -0.15) is 0 Å². The zero-order chi connectivity index (χ0) is 12.3. The van der Waals surface area contributed by atoms with Crippen LogP contribution in [0.5, 0.6) is 5.75 Å². The Hall–Kier alpha value is -1.88. The first-order valence-corrected chi connectivity index (χ1v) is 5.16. The lowest BCUT2D eigenvalue weighted by atomic mass is 10.3. The number of nitrogens with one attached hydrogen (secondary N) is 1. The molecular weight excluding hydrogens is 245 g/mol. The number of ether oxygens (including phenoxy) is 1. The molecule has 88 valence electrons. The molecule has 1 N–H and O–H groups in total. The molecule has 2 aromatic rings. The van der Waals surface area contributed by atoms with Crippen molar-refractivity contribution < 1.29 is 9.13 Å². The van der Waals surface area contributed by atoms with Crippen molar-refractivity contribution in [3.05, 3.63) is 41.6 Å². The van der Waals surface area contributed by atoms with Gasteiger partial charge in [-0.3, -0.25) is 0 Å². The van der Waals surface area contributed by atoms with Crippen molar-refractivity contribution in [1.82, 2.24) is 9.97 Å². The van der Waals surface area contributed by atoms with Gasteiger partial charge in [0.25, 0.3) is 0 Å². The van der Waals surface area contributed by atoms with Crippen LogP contribution in [-0.2, 0) is 0 Å². The molecular formula is C11H9ClFN3O. The number of hydrogen-bond donors (Lipinski definition) is 1. The smallest absolute Gasteiger partial charge is 0.224 e. The second-order valence-corrected chi connectivity index (χ2v) is 3.52. The summed E-state index contributed by atoms with van der Waals surface area (Å²) in [4.78, 5) is 7.68. The Morgan fingerprint density at radius 3 is 2.82 bits per heavy atom. The maximum Gasteiger partial charge on any atom is 0.224 e. The lowest BCUT2D eigenvalue weighted by molar-refractivity contribution is 0.386. The van der Waals surface area contributed by atoms with Gasteiger partial charge in [0, 0.05) is 18.0 Å². The number of methoxy groups -OCH3 is 1. The SMILES string of the molecule is COc1ccc(Nc2ccnc(Cl)n2)cc1F. The van der Waals surface area contributed by atoms with E-state index in [0.29, 0.717) is 11.5 Å². The van der Waals surface area contributed by atoms with Gasteiger partial charge < -0.3 is 10.1 Å². The van der Waals surface area contributed by atoms with Gasteiger partial charge in [0.05, 0.1) is 7.11 Å². The summed E-state index contributed by atoms with van der Waals surface area (Å²) in [5.41, 5.74) is 0.554. The monoisotopic (exact) mass is 253 g/mol. The van der Waals surface area contributed by atoms with Crippen LogP contribution in [0.3, 0.4) is 0 Å². The number of hydrogen-bond acceptors (Lipinski definition) is 4. The molecule has 0 aliphatic carbocycles. The molecule has 0 aliphatic rings. The summed E-state index contributed by atoms with van der Waals surface area (Å²) in [6.07, 6.45) is 1.51. The van der Waals surface area contributed by atoms with Gasteiger partial charge in [0.1, 0.15) is 5.82 Å². The quantitative estimate of drug-likeness (QED) is 0.854. The minimum Gasteiger partial charge on any atom is -0.494 e. The molecule has 1 heterocycles. The number of aromatic nitrogens is 2. The van der Waals surface area contributed by atoms with Gasteiger partial charge in [-0.1, -0.05) is 0 Å². The van der Waals surface area contributed by atoms with Crippen molar-refractivity contribution in [2.45, 2.75) is 0 Å². The molecule has 0 amide bonds. The molecule has 0 saturated heterocycles. The Labute approximate surface area is 102 Å². The summed E-state index contributed by atoms with van der Waals surface area (Å²) >= 11 is 5.63. The minimum atomic E-state index is -0.447. The van der Waals surface area contributed by atoms with Gasteiger partial charge in [-0.05, 0) is 29.8 Å². The van der Waals surface area contributed by atoms with Crippen LogP contribution < -0.4 is 10.1 Å². The standard InChI is InChI=1S/C11H9ClFN3O/c1-17-9-3-2-7(6-8(9)13)15-10-4-5-14-11(12)16-10/h2-6H,1H3,(H,14,15,16). The molecule has 0 saturated carbocycles. The van der Waals surface area contributed by atoms with Gasteiger partial charge in [0.15, 0.2) is 11.6 Å². The van der Waals surface area contributed by atoms with E-state index in [1.807, 2.05) is 0 Å². The van der Waals surface area contributed by atoms with E-state index < -0.39 is 5.82 Å². The van der Waals surface area contributed by atoms with E-state index in [1.165, 1.54) is 25.4 Å². The van der Waals surface area contributed by atoms with Crippen LogP contribution in [0.1, 0.15) is 0 Å². The first-order chi connectivity index (χ1) is 8.19. The van der Waals surface area contributed by atoms with Crippen LogP contribution in [0, 0.1) is 5.82 Å². The molecule has 0 bridgehead atoms. The van der Waals surface area contributed by atoms with Crippen LogP contribution >= 0.6 is 11.6 Å². The highest BCUT2D eigenvalue weighted by atomic mass is 35.5. The van der Waals surface area contributed by atoms with Gasteiger partial charge in [-0.25, -0.2) is 14.4 Å². The summed E-state index contributed by atoms with van der Waals surface area (Å²) in [6, 6.07) is 6.15. The Kier molecular flexibility index (Phi) is 3.39. The Bertz CT molecular complexity index is 536. The molecule has 0 atom stereocenters. The van der Waals surface area contributed by atoms with E-state index in [1.54, 1.807) is 12.1 Å². The number of halogens is 2. The molecule has 0 unspecified atom stereocenters. The first kappa shape index (κ1) is 11.6. The summed E-state index contributed by atoms with van der Waals surface area (Å²) in [5.74, 6) is 0.239. The summed E-state index contributed by atoms with van der Waals surface area (Å²) in [5, 5.41) is 3.03. The van der Waals surface area contributed by atoms with Crippen molar-refractivity contribution >= 4 is 23.1 Å². The maximum atomic E-state index is 13.4. The second-order valence-electron chi connectivity index (χ2n) is 3.19. The highest BCUT2D eigenvalue weighted by molar-refractivity contribution is 6.28. The van der Waals surface area contributed by atoms with Crippen LogP contribution in [0.25, 0.3) is 0 Å². The highest BCUT2D eigenvalue weighted by Gasteiger charge is 2.04. The van der Waals surface area contributed by atoms with Crippen LogP contribution in [0.15, 0.2) is 30.5 Å². The zero-order valence-corrected chi connectivity index (χ0v) is 9.70. The molecule has 0 spiro atoms. The second kappa shape index (κ2) is 4.97. The topological polar surface area (TPSA) is 47.0 Å². The average molecular weight is 254 g/mol. The van der Waals surface area contributed by atoms with Crippen molar-refractivity contribution in [1.29, 1.82) is 0 Å². The van der Waals surface area contributed by atoms with Gasteiger partial charge in [-0.15, -0.1) is 0 Å². The fourth-order valence-electron chi connectivity index (χ4n) is 1.30. The molecule has 0 fully saturated rings. The van der Waals surface area contributed by atoms with Gasteiger partial charge in [0.2, 0.25) is 5.28 Å². The third-order valence-corrected chi connectivity index (χ3v) is 2.23. The lowest BCUT2D eigenvalue weighted by Crippen LogP contribution is -1.96. The Morgan fingerprint density at radius 2 is 2.18 bits per heavy atom. The third-order valence-electron chi connectivity index (χ3n) is 2.05. The van der Waals surface area contributed by atoms with E-state index in [4.69, 9.17) is 16.3 Å². The molecule has 0 aliphatic heterocycles. The molecule has 4 nitrogen and oxygen atoms in total. The Morgan fingerprint density at radius 1 is 1.35 bits per heavy atom. The van der Waals surface area contributed by atoms with Gasteiger partial charge >= 0.3 is 0 Å². The number of nitrogens with zero attached hydrogens (tertiary/aromatic N) is 2. The fourth-order valence-corrected chi connectivity index (χ4v) is 1.44. The summed E-state index contributed by atoms with van der Waals surface area (Å²) < 4.78 is 18.2. The van der Waals surface area contributed by atoms with Crippen molar-refractivity contribution in [2.75, 3.05) is 12.4 Å². The van der Waals surface area contributed by atoms with Crippen LogP contribution in [0.2, 0.25) is 5.28 Å². The highest BCUT2D eigenvalue weighted by Crippen LogP contribution is 2.22. The van der Waals surface area contributed by atoms with Crippen molar-refractivity contribution in [3.8, 4) is 5.75 Å². The molecule has 1 aromatic carbocycles. The molecule has 1 aromatic heterocycles. The zero-order valence-electron chi connectivity index (χ0n) is 8.95. The largest absolute Gasteiger partial charge is 0.494 e.